The molecule has 0 aliphatic carbocycles. The molecule has 0 aromatic heterocycles. The summed E-state index contributed by atoms with van der Waals surface area (Å²) in [4.78, 5) is 27.1. The van der Waals surface area contributed by atoms with Crippen LogP contribution >= 0.6 is 0 Å². The molecule has 1 radical (unpaired) electrons. The van der Waals surface area contributed by atoms with Gasteiger partial charge in [-0.25, -0.2) is 4.39 Å². The van der Waals surface area contributed by atoms with Gasteiger partial charge in [0.25, 0.3) is 0 Å². The van der Waals surface area contributed by atoms with Crippen molar-refractivity contribution in [2.24, 2.45) is 5.92 Å². The van der Waals surface area contributed by atoms with Crippen LogP contribution in [0, 0.1) is 17.6 Å². The van der Waals surface area contributed by atoms with Crippen molar-refractivity contribution in [3.63, 3.8) is 0 Å². The van der Waals surface area contributed by atoms with Crippen molar-refractivity contribution in [2.75, 3.05) is 4.90 Å². The van der Waals surface area contributed by atoms with Crippen molar-refractivity contribution in [2.45, 2.75) is 18.9 Å². The van der Waals surface area contributed by atoms with Crippen LogP contribution in [-0.4, -0.2) is 36.8 Å². The minimum absolute atomic E-state index is 0.0790. The Labute approximate surface area is 188 Å². The number of β-lactam (4-membered cyclic amide) rings is 1. The van der Waals surface area contributed by atoms with E-state index in [4.69, 9.17) is 0 Å². The third-order valence-corrected chi connectivity index (χ3v) is 6.45. The van der Waals surface area contributed by atoms with E-state index in [-0.39, 0.29) is 35.9 Å². The Balaban J connectivity index is 1.55. The average Bonchev–Trinajstić information content (AvgIpc) is 2.74. The summed E-state index contributed by atoms with van der Waals surface area (Å²) in [6.45, 7) is 0. The van der Waals surface area contributed by atoms with E-state index in [2.05, 4.69) is 0 Å². The van der Waals surface area contributed by atoms with Crippen LogP contribution in [0.5, 0.6) is 0 Å². The summed E-state index contributed by atoms with van der Waals surface area (Å²) in [5.74, 6) is -1.28. The third-order valence-electron chi connectivity index (χ3n) is 5.39. The van der Waals surface area contributed by atoms with E-state index in [9.17, 15) is 18.4 Å². The van der Waals surface area contributed by atoms with Crippen LogP contribution in [0.25, 0.3) is 0 Å². The Kier molecular flexibility index (Phi) is 6.06. The van der Waals surface area contributed by atoms with Crippen molar-refractivity contribution in [3.8, 4) is 0 Å². The van der Waals surface area contributed by atoms with E-state index in [0.717, 1.165) is 5.56 Å². The van der Waals surface area contributed by atoms with Gasteiger partial charge in [0.1, 0.15) is 5.82 Å². The van der Waals surface area contributed by atoms with Crippen LogP contribution < -0.4 is 8.12 Å². The molecular weight excluding hydrogens is 581 g/mol. The fourth-order valence-electron chi connectivity index (χ4n) is 3.83. The number of ketones is 1. The molecule has 3 aromatic rings. The molecule has 1 aliphatic rings. The second kappa shape index (κ2) is 8.74. The molecule has 1 saturated heterocycles. The van der Waals surface area contributed by atoms with Gasteiger partial charge in [-0.15, -0.1) is 0 Å². The number of carbonyl (C=O) groups excluding carboxylic acids is 2. The Morgan fingerprint density at radius 1 is 0.867 bits per heavy atom. The quantitative estimate of drug-likeness (QED) is 0.316. The van der Waals surface area contributed by atoms with Gasteiger partial charge in [0, 0.05) is 0 Å². The molecule has 0 unspecified atom stereocenters. The zero-order chi connectivity index (χ0) is 21.3. The summed E-state index contributed by atoms with van der Waals surface area (Å²) in [7, 11) is 0. The van der Waals surface area contributed by atoms with Crippen LogP contribution in [0.2, 0.25) is 0 Å². The topological polar surface area (TPSA) is 37.4 Å². The third kappa shape index (κ3) is 4.20. The number of anilines is 1. The first-order valence-corrected chi connectivity index (χ1v) is 11.2. The molecule has 1 fully saturated rings. The molecule has 1 amide bonds. The van der Waals surface area contributed by atoms with Gasteiger partial charge in [-0.3, -0.25) is 0 Å². The van der Waals surface area contributed by atoms with Crippen LogP contribution in [0.15, 0.2) is 72.8 Å². The Morgan fingerprint density at radius 3 is 2.03 bits per heavy atom. The molecule has 30 heavy (non-hydrogen) atoms. The van der Waals surface area contributed by atoms with Crippen LogP contribution in [0.1, 0.15) is 34.8 Å². The molecule has 3 nitrogen and oxygen atoms in total. The second-order valence-corrected chi connectivity index (χ2v) is 9.11. The predicted octanol–water partition coefficient (Wildman–Crippen LogP) is 4.13. The summed E-state index contributed by atoms with van der Waals surface area (Å²) in [6.07, 6.45) is 0.600. The Hall–Kier alpha value is -2.44. The van der Waals surface area contributed by atoms with Gasteiger partial charge >= 0.3 is 179 Å². The average molecular weight is 599 g/mol. The molecule has 1 heterocycles. The summed E-state index contributed by atoms with van der Waals surface area (Å²) < 4.78 is 27.6. The number of hydrogen-bond donors (Lipinski definition) is 0. The van der Waals surface area contributed by atoms with E-state index in [1.165, 1.54) is 64.7 Å². The van der Waals surface area contributed by atoms with E-state index in [1.807, 2.05) is 24.3 Å². The molecular formula is C24H18F2NO2Po. The molecule has 0 spiro atoms. The molecule has 1 aliphatic heterocycles. The fourth-order valence-corrected chi connectivity index (χ4v) is 4.36. The Morgan fingerprint density at radius 2 is 1.43 bits per heavy atom. The van der Waals surface area contributed by atoms with Gasteiger partial charge in [0.15, 0.2) is 0 Å². The normalized spacial score (nSPS) is 18.2. The van der Waals surface area contributed by atoms with Gasteiger partial charge in [-0.1, -0.05) is 0 Å². The number of nitrogens with zero attached hydrogens (tertiary/aromatic N) is 1. The van der Waals surface area contributed by atoms with Crippen LogP contribution in [0.4, 0.5) is 14.5 Å². The van der Waals surface area contributed by atoms with Crippen LogP contribution in [-0.2, 0) is 4.79 Å². The van der Waals surface area contributed by atoms with Crippen molar-refractivity contribution >= 4 is 45.7 Å². The summed E-state index contributed by atoms with van der Waals surface area (Å²) >= 11 is 1.36. The minimum atomic E-state index is -0.392. The monoisotopic (exact) mass is 599 g/mol. The number of amides is 1. The SMILES string of the molecule is O=C(CC[C@H]1C(=O)N(c2ccc(F)cc2)[C@@H]1c1cc[c]([Po])cc1)c1ccc(F)cc1. The predicted molar refractivity (Wildman–Crippen MR) is 112 cm³/mol. The standard InChI is InChI=1S/C24H18F2NO2.Po/c25-18-8-6-16(7-9-18)22(28)15-14-21-23(17-4-2-1-3-5-17)27(24(21)29)20-12-10-19(26)11-13-20;/h2-13,21,23H,14-15H2;/t21-,23-;/m1./s1. The Bertz CT molecular complexity index is 1070. The number of Topliss-reactive ketones (excluding diaryl/α,β-unsaturated/α-hetero) is 1. The van der Waals surface area contributed by atoms with Gasteiger partial charge < -0.3 is 0 Å². The molecule has 3 aromatic carbocycles. The van der Waals surface area contributed by atoms with E-state index in [0.29, 0.717) is 17.7 Å². The number of halogens is 2. The van der Waals surface area contributed by atoms with Crippen molar-refractivity contribution in [1.82, 2.24) is 0 Å². The van der Waals surface area contributed by atoms with Gasteiger partial charge in [-0.2, -0.15) is 0 Å². The van der Waals surface area contributed by atoms with Crippen molar-refractivity contribution < 1.29 is 18.4 Å². The van der Waals surface area contributed by atoms with Gasteiger partial charge in [-0.05, 0) is 0 Å². The summed E-state index contributed by atoms with van der Waals surface area (Å²) in [5.41, 5.74) is 2.07. The maximum absolute atomic E-state index is 13.3. The van der Waals surface area contributed by atoms with Crippen LogP contribution in [0.3, 0.4) is 0 Å². The summed E-state index contributed by atoms with van der Waals surface area (Å²) in [5, 5.41) is 0. The van der Waals surface area contributed by atoms with E-state index in [1.54, 1.807) is 17.0 Å². The molecule has 151 valence electrons. The number of carbonyl (C=O) groups is 2. The zero-order valence-corrected chi connectivity index (χ0v) is 19.1. The van der Waals surface area contributed by atoms with Crippen molar-refractivity contribution in [1.29, 1.82) is 0 Å². The number of hydrogen-bond acceptors (Lipinski definition) is 2. The number of benzene rings is 3. The molecule has 0 N–H and O–H groups in total. The maximum atomic E-state index is 13.3. The van der Waals surface area contributed by atoms with Gasteiger partial charge in [0.05, 0.1) is 0 Å². The van der Waals surface area contributed by atoms with Crippen molar-refractivity contribution in [3.05, 3.63) is 95.6 Å². The second-order valence-electron chi connectivity index (χ2n) is 7.27. The first-order valence-electron chi connectivity index (χ1n) is 9.58. The number of rotatable bonds is 6. The first kappa shape index (κ1) is 20.8. The first-order chi connectivity index (χ1) is 14.4. The molecule has 0 bridgehead atoms. The van der Waals surface area contributed by atoms with E-state index >= 15 is 0 Å². The fraction of sp³-hybridized carbons (Fsp3) is 0.167. The summed E-state index contributed by atoms with van der Waals surface area (Å²) in [6, 6.07) is 19.2. The molecule has 2 atom stereocenters. The molecule has 6 heteroatoms. The van der Waals surface area contributed by atoms with Gasteiger partial charge in [0.2, 0.25) is 0 Å². The molecule has 0 saturated carbocycles. The zero-order valence-electron chi connectivity index (χ0n) is 15.9. The molecule has 4 rings (SSSR count). The van der Waals surface area contributed by atoms with E-state index < -0.39 is 5.82 Å².